The molecule has 3 rings (SSSR count). The Kier molecular flexibility index (Phi) is 4.18. The molecule has 23 heavy (non-hydrogen) atoms. The Morgan fingerprint density at radius 1 is 1.22 bits per heavy atom. The molecular formula is C16H11ClN2O3S. The highest BCUT2D eigenvalue weighted by molar-refractivity contribution is 7.21. The van der Waals surface area contributed by atoms with Crippen LogP contribution in [0.5, 0.6) is 11.5 Å². The molecule has 2 aromatic carbocycles. The summed E-state index contributed by atoms with van der Waals surface area (Å²) in [5.41, 5.74) is 2.74. The number of hydrazone groups is 1. The minimum atomic E-state index is -0.425. The average Bonchev–Trinajstić information content (AvgIpc) is 2.87. The van der Waals surface area contributed by atoms with Crippen molar-refractivity contribution in [2.75, 3.05) is 0 Å². The maximum absolute atomic E-state index is 12.2. The van der Waals surface area contributed by atoms with Crippen LogP contribution >= 0.6 is 22.9 Å². The SMILES string of the molecule is O=C(N/N=C\c1ccc(O)cc1O)c1sc2ccccc2c1Cl. The summed E-state index contributed by atoms with van der Waals surface area (Å²) in [5, 5.41) is 23.9. The van der Waals surface area contributed by atoms with Crippen molar-refractivity contribution in [2.45, 2.75) is 0 Å². The first-order chi connectivity index (χ1) is 11.1. The van der Waals surface area contributed by atoms with E-state index in [0.717, 1.165) is 10.1 Å². The third-order valence-electron chi connectivity index (χ3n) is 3.12. The number of nitrogens with one attached hydrogen (secondary N) is 1. The lowest BCUT2D eigenvalue weighted by Crippen LogP contribution is -2.16. The number of phenols is 2. The van der Waals surface area contributed by atoms with E-state index in [2.05, 4.69) is 10.5 Å². The molecule has 0 bridgehead atoms. The van der Waals surface area contributed by atoms with E-state index < -0.39 is 5.91 Å². The van der Waals surface area contributed by atoms with Crippen molar-refractivity contribution in [1.29, 1.82) is 0 Å². The number of hydrogen-bond acceptors (Lipinski definition) is 5. The average molecular weight is 347 g/mol. The third kappa shape index (κ3) is 3.13. The van der Waals surface area contributed by atoms with Crippen molar-refractivity contribution in [3.05, 3.63) is 57.9 Å². The van der Waals surface area contributed by atoms with Gasteiger partial charge in [-0.15, -0.1) is 11.3 Å². The van der Waals surface area contributed by atoms with E-state index in [1.54, 1.807) is 0 Å². The second-order valence-electron chi connectivity index (χ2n) is 4.68. The van der Waals surface area contributed by atoms with E-state index >= 15 is 0 Å². The molecule has 0 aliphatic rings. The van der Waals surface area contributed by atoms with Crippen molar-refractivity contribution >= 4 is 45.1 Å². The van der Waals surface area contributed by atoms with Gasteiger partial charge in [-0.3, -0.25) is 4.79 Å². The fraction of sp³-hybridized carbons (Fsp3) is 0. The van der Waals surface area contributed by atoms with Crippen LogP contribution in [0.2, 0.25) is 5.02 Å². The Morgan fingerprint density at radius 2 is 2.00 bits per heavy atom. The number of thiophene rings is 1. The fourth-order valence-corrected chi connectivity index (χ4v) is 3.42. The third-order valence-corrected chi connectivity index (χ3v) is 4.80. The number of carbonyl (C=O) groups excluding carboxylic acids is 1. The number of fused-ring (bicyclic) bond motifs is 1. The molecule has 0 spiro atoms. The molecule has 0 unspecified atom stereocenters. The van der Waals surface area contributed by atoms with E-state index in [0.29, 0.717) is 15.5 Å². The van der Waals surface area contributed by atoms with Gasteiger partial charge in [0.2, 0.25) is 0 Å². The predicted octanol–water partition coefficient (Wildman–Crippen LogP) is 3.73. The van der Waals surface area contributed by atoms with Gasteiger partial charge in [0.05, 0.1) is 11.2 Å². The summed E-state index contributed by atoms with van der Waals surface area (Å²) in [4.78, 5) is 12.5. The first-order valence-electron chi connectivity index (χ1n) is 6.58. The van der Waals surface area contributed by atoms with Crippen LogP contribution in [-0.2, 0) is 0 Å². The lowest BCUT2D eigenvalue weighted by molar-refractivity contribution is 0.0959. The van der Waals surface area contributed by atoms with Gasteiger partial charge in [0.15, 0.2) is 0 Å². The number of nitrogens with zero attached hydrogens (tertiary/aromatic N) is 1. The predicted molar refractivity (Wildman–Crippen MR) is 91.7 cm³/mol. The number of amides is 1. The van der Waals surface area contributed by atoms with Crippen molar-refractivity contribution in [3.8, 4) is 11.5 Å². The zero-order chi connectivity index (χ0) is 16.4. The Labute approximate surface area is 140 Å². The van der Waals surface area contributed by atoms with Crippen LogP contribution in [0.1, 0.15) is 15.2 Å². The quantitative estimate of drug-likeness (QED) is 0.499. The number of benzene rings is 2. The first kappa shape index (κ1) is 15.3. The zero-order valence-electron chi connectivity index (χ0n) is 11.7. The summed E-state index contributed by atoms with van der Waals surface area (Å²) in [5.74, 6) is -0.616. The van der Waals surface area contributed by atoms with Gasteiger partial charge in [-0.2, -0.15) is 5.10 Å². The van der Waals surface area contributed by atoms with Gasteiger partial charge in [0.25, 0.3) is 5.91 Å². The van der Waals surface area contributed by atoms with Crippen molar-refractivity contribution in [1.82, 2.24) is 5.43 Å². The molecule has 5 nitrogen and oxygen atoms in total. The largest absolute Gasteiger partial charge is 0.508 e. The molecule has 0 fully saturated rings. The number of carbonyl (C=O) groups is 1. The standard InChI is InChI=1S/C16H11ClN2O3S/c17-14-11-3-1-2-4-13(11)23-15(14)16(22)19-18-8-9-5-6-10(20)7-12(9)21/h1-8,20-21H,(H,19,22)/b18-8-. The maximum Gasteiger partial charge on any atom is 0.283 e. The van der Waals surface area contributed by atoms with E-state index in [9.17, 15) is 15.0 Å². The molecule has 0 saturated heterocycles. The maximum atomic E-state index is 12.2. The van der Waals surface area contributed by atoms with Gasteiger partial charge in [-0.1, -0.05) is 29.8 Å². The summed E-state index contributed by atoms with van der Waals surface area (Å²) in [6.07, 6.45) is 1.29. The molecule has 116 valence electrons. The molecule has 7 heteroatoms. The normalized spacial score (nSPS) is 11.2. The van der Waals surface area contributed by atoms with Crippen molar-refractivity contribution in [3.63, 3.8) is 0 Å². The Balaban J connectivity index is 1.78. The van der Waals surface area contributed by atoms with Crippen LogP contribution in [0.3, 0.4) is 0 Å². The number of aromatic hydroxyl groups is 2. The number of rotatable bonds is 3. The lowest BCUT2D eigenvalue weighted by atomic mass is 10.2. The van der Waals surface area contributed by atoms with Crippen molar-refractivity contribution < 1.29 is 15.0 Å². The molecule has 0 aliphatic carbocycles. The number of phenolic OH excluding ortho intramolecular Hbond substituents is 2. The van der Waals surface area contributed by atoms with Crippen LogP contribution in [0.25, 0.3) is 10.1 Å². The monoisotopic (exact) mass is 346 g/mol. The number of halogens is 1. The van der Waals surface area contributed by atoms with E-state index in [-0.39, 0.29) is 11.5 Å². The summed E-state index contributed by atoms with van der Waals surface area (Å²) in [6, 6.07) is 11.5. The Hall–Kier alpha value is -2.57. The molecule has 0 saturated carbocycles. The Bertz CT molecular complexity index is 921. The van der Waals surface area contributed by atoms with Gasteiger partial charge in [-0.05, 0) is 18.2 Å². The van der Waals surface area contributed by atoms with Crippen LogP contribution in [0, 0.1) is 0 Å². The molecule has 0 radical (unpaired) electrons. The Morgan fingerprint density at radius 3 is 2.74 bits per heavy atom. The molecule has 1 heterocycles. The van der Waals surface area contributed by atoms with E-state index in [1.807, 2.05) is 24.3 Å². The van der Waals surface area contributed by atoms with Gasteiger partial charge < -0.3 is 10.2 Å². The smallest absolute Gasteiger partial charge is 0.283 e. The van der Waals surface area contributed by atoms with E-state index in [1.165, 1.54) is 35.8 Å². The summed E-state index contributed by atoms with van der Waals surface area (Å²) in [7, 11) is 0. The van der Waals surface area contributed by atoms with E-state index in [4.69, 9.17) is 11.6 Å². The molecule has 3 aromatic rings. The van der Waals surface area contributed by atoms with Gasteiger partial charge in [0, 0.05) is 21.7 Å². The van der Waals surface area contributed by atoms with Crippen LogP contribution in [-0.4, -0.2) is 22.3 Å². The summed E-state index contributed by atoms with van der Waals surface area (Å²) < 4.78 is 0.919. The van der Waals surface area contributed by atoms with Crippen molar-refractivity contribution in [2.24, 2.45) is 5.10 Å². The minimum absolute atomic E-state index is 0.0549. The molecule has 1 amide bonds. The van der Waals surface area contributed by atoms with Gasteiger partial charge in [-0.25, -0.2) is 5.43 Å². The van der Waals surface area contributed by atoms with Crippen LogP contribution < -0.4 is 5.43 Å². The fourth-order valence-electron chi connectivity index (χ4n) is 2.01. The van der Waals surface area contributed by atoms with Gasteiger partial charge >= 0.3 is 0 Å². The van der Waals surface area contributed by atoms with Gasteiger partial charge in [0.1, 0.15) is 16.4 Å². The molecular weight excluding hydrogens is 336 g/mol. The molecule has 0 aliphatic heterocycles. The topological polar surface area (TPSA) is 81.9 Å². The minimum Gasteiger partial charge on any atom is -0.508 e. The highest BCUT2D eigenvalue weighted by Crippen LogP contribution is 2.34. The molecule has 3 N–H and O–H groups in total. The first-order valence-corrected chi connectivity index (χ1v) is 7.78. The van der Waals surface area contributed by atoms with Crippen LogP contribution in [0.4, 0.5) is 0 Å². The molecule has 1 aromatic heterocycles. The second kappa shape index (κ2) is 6.28. The van der Waals surface area contributed by atoms with Crippen LogP contribution in [0.15, 0.2) is 47.6 Å². The highest BCUT2D eigenvalue weighted by atomic mass is 35.5. The zero-order valence-corrected chi connectivity index (χ0v) is 13.2. The number of hydrogen-bond donors (Lipinski definition) is 3. The summed E-state index contributed by atoms with van der Waals surface area (Å²) in [6.45, 7) is 0. The second-order valence-corrected chi connectivity index (χ2v) is 6.11. The summed E-state index contributed by atoms with van der Waals surface area (Å²) >= 11 is 7.50. The lowest BCUT2D eigenvalue weighted by Gasteiger charge is -2.00. The molecule has 0 atom stereocenters. The highest BCUT2D eigenvalue weighted by Gasteiger charge is 2.16.